The molecule has 0 amide bonds. The summed E-state index contributed by atoms with van der Waals surface area (Å²) in [5.41, 5.74) is 2.38. The van der Waals surface area contributed by atoms with Crippen LogP contribution >= 0.6 is 0 Å². The lowest BCUT2D eigenvalue weighted by Gasteiger charge is -2.19. The summed E-state index contributed by atoms with van der Waals surface area (Å²) in [7, 11) is 1.89. The Morgan fingerprint density at radius 3 is 2.72 bits per heavy atom. The highest BCUT2D eigenvalue weighted by molar-refractivity contribution is 5.38. The molecule has 1 aromatic carbocycles. The first-order chi connectivity index (χ1) is 8.54. The molecule has 0 aliphatic heterocycles. The van der Waals surface area contributed by atoms with E-state index < -0.39 is 6.10 Å². The monoisotopic (exact) mass is 253 g/mol. The highest BCUT2D eigenvalue weighted by atomic mass is 16.5. The molecule has 0 aliphatic rings. The minimum atomic E-state index is -0.685. The number of aliphatic hydroxyl groups is 2. The highest BCUT2D eigenvalue weighted by Crippen LogP contribution is 2.20. The molecule has 2 N–H and O–H groups in total. The van der Waals surface area contributed by atoms with Crippen LogP contribution in [0.5, 0.6) is 5.75 Å². The molecule has 0 saturated heterocycles. The van der Waals surface area contributed by atoms with Crippen molar-refractivity contribution < 1.29 is 14.9 Å². The van der Waals surface area contributed by atoms with Gasteiger partial charge in [-0.1, -0.05) is 12.1 Å². The Labute approximate surface area is 109 Å². The van der Waals surface area contributed by atoms with Crippen LogP contribution in [0, 0.1) is 13.8 Å². The molecule has 0 fully saturated rings. The van der Waals surface area contributed by atoms with Crippen molar-refractivity contribution in [3.8, 4) is 5.75 Å². The van der Waals surface area contributed by atoms with Gasteiger partial charge in [-0.3, -0.25) is 0 Å². The van der Waals surface area contributed by atoms with Gasteiger partial charge in [-0.25, -0.2) is 0 Å². The van der Waals surface area contributed by atoms with Crippen LogP contribution in [0.25, 0.3) is 0 Å². The van der Waals surface area contributed by atoms with Gasteiger partial charge in [0.1, 0.15) is 12.4 Å². The number of aliphatic hydroxyl groups excluding tert-OH is 2. The van der Waals surface area contributed by atoms with Gasteiger partial charge >= 0.3 is 0 Å². The van der Waals surface area contributed by atoms with E-state index in [1.165, 1.54) is 5.56 Å². The molecule has 4 heteroatoms. The average Bonchev–Trinajstić information content (AvgIpc) is 2.34. The lowest BCUT2D eigenvalue weighted by Crippen LogP contribution is -2.34. The van der Waals surface area contributed by atoms with Gasteiger partial charge in [0.15, 0.2) is 0 Å². The molecule has 0 unspecified atom stereocenters. The summed E-state index contributed by atoms with van der Waals surface area (Å²) >= 11 is 0. The van der Waals surface area contributed by atoms with Gasteiger partial charge in [0.2, 0.25) is 0 Å². The van der Waals surface area contributed by atoms with Crippen LogP contribution in [0.3, 0.4) is 0 Å². The summed E-state index contributed by atoms with van der Waals surface area (Å²) in [6.45, 7) is 5.63. The number of benzene rings is 1. The van der Waals surface area contributed by atoms with E-state index in [1.54, 1.807) is 0 Å². The summed E-state index contributed by atoms with van der Waals surface area (Å²) in [6, 6.07) is 6.01. The predicted octanol–water partition coefficient (Wildman–Crippen LogP) is 0.967. The topological polar surface area (TPSA) is 52.9 Å². The largest absolute Gasteiger partial charge is 0.492 e. The smallest absolute Gasteiger partial charge is 0.122 e. The van der Waals surface area contributed by atoms with Crippen LogP contribution < -0.4 is 4.74 Å². The molecular formula is C14H23NO3. The summed E-state index contributed by atoms with van der Waals surface area (Å²) in [6.07, 6.45) is -0.685. The van der Waals surface area contributed by atoms with E-state index in [0.717, 1.165) is 11.3 Å². The molecule has 0 aliphatic carbocycles. The van der Waals surface area contributed by atoms with Gasteiger partial charge in [-0.05, 0) is 38.1 Å². The third-order valence-corrected chi connectivity index (χ3v) is 3.02. The van der Waals surface area contributed by atoms with Gasteiger partial charge in [-0.2, -0.15) is 0 Å². The molecule has 0 saturated carbocycles. The van der Waals surface area contributed by atoms with E-state index >= 15 is 0 Å². The number of nitrogens with zero attached hydrogens (tertiary/aromatic N) is 1. The molecule has 0 heterocycles. The van der Waals surface area contributed by atoms with E-state index in [2.05, 4.69) is 13.0 Å². The van der Waals surface area contributed by atoms with Gasteiger partial charge in [0.25, 0.3) is 0 Å². The molecular weight excluding hydrogens is 230 g/mol. The lowest BCUT2D eigenvalue weighted by atomic mass is 10.1. The normalized spacial score (nSPS) is 12.8. The van der Waals surface area contributed by atoms with Crippen molar-refractivity contribution in [3.63, 3.8) is 0 Å². The van der Waals surface area contributed by atoms with E-state index in [9.17, 15) is 5.11 Å². The molecule has 18 heavy (non-hydrogen) atoms. The molecule has 0 aromatic heterocycles. The third kappa shape index (κ3) is 4.64. The van der Waals surface area contributed by atoms with E-state index in [-0.39, 0.29) is 6.61 Å². The Morgan fingerprint density at radius 2 is 2.06 bits per heavy atom. The van der Waals surface area contributed by atoms with Crippen LogP contribution in [0.2, 0.25) is 0 Å². The van der Waals surface area contributed by atoms with Crippen molar-refractivity contribution in [2.24, 2.45) is 0 Å². The van der Waals surface area contributed by atoms with Crippen molar-refractivity contribution in [3.05, 3.63) is 29.3 Å². The average molecular weight is 253 g/mol. The quantitative estimate of drug-likeness (QED) is 0.760. The van der Waals surface area contributed by atoms with E-state index in [4.69, 9.17) is 9.84 Å². The zero-order valence-corrected chi connectivity index (χ0v) is 11.4. The number of likely N-dealkylation sites (N-methyl/N-ethyl adjacent to an activating group) is 1. The van der Waals surface area contributed by atoms with Crippen molar-refractivity contribution in [1.29, 1.82) is 0 Å². The van der Waals surface area contributed by atoms with Crippen LogP contribution in [-0.2, 0) is 0 Å². The van der Waals surface area contributed by atoms with Crippen LogP contribution in [0.4, 0.5) is 0 Å². The molecule has 1 aromatic rings. The number of hydrogen-bond donors (Lipinski definition) is 2. The van der Waals surface area contributed by atoms with Crippen molar-refractivity contribution in [2.45, 2.75) is 20.0 Å². The second kappa shape index (κ2) is 7.36. The minimum absolute atomic E-state index is 0.206. The molecule has 1 atom stereocenters. The lowest BCUT2D eigenvalue weighted by molar-refractivity contribution is 0.0631. The Balaban J connectivity index is 2.35. The molecule has 1 rings (SSSR count). The van der Waals surface area contributed by atoms with Crippen LogP contribution in [0.1, 0.15) is 11.1 Å². The van der Waals surface area contributed by atoms with Gasteiger partial charge < -0.3 is 19.8 Å². The summed E-state index contributed by atoms with van der Waals surface area (Å²) in [5.74, 6) is 0.908. The second-order valence-electron chi connectivity index (χ2n) is 4.65. The minimum Gasteiger partial charge on any atom is -0.492 e. The Kier molecular flexibility index (Phi) is 6.12. The zero-order valence-electron chi connectivity index (χ0n) is 11.4. The number of aryl methyl sites for hydroxylation is 1. The standard InChI is InChI=1S/C14H23NO3/c1-11-5-4-6-14(12(11)2)18-8-7-15(3)9-13(17)10-16/h4-6,13,16-17H,7-10H2,1-3H3/t13-/m1/s1. The first-order valence-corrected chi connectivity index (χ1v) is 6.21. The Hall–Kier alpha value is -1.10. The Morgan fingerprint density at radius 1 is 1.33 bits per heavy atom. The predicted molar refractivity (Wildman–Crippen MR) is 72.0 cm³/mol. The fourth-order valence-corrected chi connectivity index (χ4v) is 1.70. The fourth-order valence-electron chi connectivity index (χ4n) is 1.70. The number of hydrogen-bond acceptors (Lipinski definition) is 4. The molecule has 4 nitrogen and oxygen atoms in total. The first-order valence-electron chi connectivity index (χ1n) is 6.21. The van der Waals surface area contributed by atoms with Crippen molar-refractivity contribution in [2.75, 3.05) is 33.4 Å². The first kappa shape index (κ1) is 15.0. The third-order valence-electron chi connectivity index (χ3n) is 3.02. The maximum atomic E-state index is 9.29. The van der Waals surface area contributed by atoms with Crippen LogP contribution in [-0.4, -0.2) is 54.6 Å². The summed E-state index contributed by atoms with van der Waals surface area (Å²) in [4.78, 5) is 1.94. The van der Waals surface area contributed by atoms with Crippen molar-refractivity contribution in [1.82, 2.24) is 4.90 Å². The molecule has 0 radical (unpaired) electrons. The zero-order chi connectivity index (χ0) is 13.5. The Bertz CT molecular complexity index is 368. The second-order valence-corrected chi connectivity index (χ2v) is 4.65. The van der Waals surface area contributed by atoms with Gasteiger partial charge in [0, 0.05) is 13.1 Å². The molecule has 0 bridgehead atoms. The number of ether oxygens (including phenoxy) is 1. The van der Waals surface area contributed by atoms with Gasteiger partial charge in [0.05, 0.1) is 12.7 Å². The van der Waals surface area contributed by atoms with Crippen molar-refractivity contribution >= 4 is 0 Å². The van der Waals surface area contributed by atoms with Crippen LogP contribution in [0.15, 0.2) is 18.2 Å². The number of rotatable bonds is 7. The summed E-state index contributed by atoms with van der Waals surface area (Å²) < 4.78 is 5.72. The molecule has 102 valence electrons. The van der Waals surface area contributed by atoms with E-state index in [0.29, 0.717) is 19.7 Å². The molecule has 0 spiro atoms. The highest BCUT2D eigenvalue weighted by Gasteiger charge is 2.07. The summed E-state index contributed by atoms with van der Waals surface area (Å²) in [5, 5.41) is 18.0. The van der Waals surface area contributed by atoms with Gasteiger partial charge in [-0.15, -0.1) is 0 Å². The van der Waals surface area contributed by atoms with E-state index in [1.807, 2.05) is 31.0 Å². The maximum absolute atomic E-state index is 9.29. The fraction of sp³-hybridized carbons (Fsp3) is 0.571. The maximum Gasteiger partial charge on any atom is 0.122 e. The SMILES string of the molecule is Cc1cccc(OCCN(C)C[C@@H](O)CO)c1C.